The van der Waals surface area contributed by atoms with Gasteiger partial charge in [-0.25, -0.2) is 9.59 Å². The van der Waals surface area contributed by atoms with E-state index in [0.29, 0.717) is 42.7 Å². The first kappa shape index (κ1) is 50.6. The summed E-state index contributed by atoms with van der Waals surface area (Å²) in [6.07, 6.45) is -10.8. The molecular formula is C44H28BBrCl4F6N3O6S. The molecule has 341 valence electrons. The van der Waals surface area contributed by atoms with Crippen LogP contribution in [0.25, 0.3) is 21.5 Å². The van der Waals surface area contributed by atoms with E-state index in [-0.39, 0.29) is 48.2 Å². The first-order valence-corrected chi connectivity index (χ1v) is 21.4. The molecule has 2 atom stereocenters. The molecule has 0 bridgehead atoms. The van der Waals surface area contributed by atoms with Gasteiger partial charge in [0.15, 0.2) is 0 Å². The second-order valence-electron chi connectivity index (χ2n) is 14.2. The van der Waals surface area contributed by atoms with Crippen LogP contribution in [0.4, 0.5) is 26.3 Å². The van der Waals surface area contributed by atoms with Crippen molar-refractivity contribution in [1.82, 2.24) is 0 Å². The number of alkyl halides is 6. The molecule has 2 heterocycles. The van der Waals surface area contributed by atoms with Crippen molar-refractivity contribution in [2.45, 2.75) is 36.4 Å². The van der Waals surface area contributed by atoms with Crippen molar-refractivity contribution in [1.29, 1.82) is 0 Å². The zero-order chi connectivity index (χ0) is 48.4. The molecule has 0 fully saturated rings. The fourth-order valence-electron chi connectivity index (χ4n) is 7.40. The van der Waals surface area contributed by atoms with E-state index in [4.69, 9.17) is 65.6 Å². The number of carbonyl (C=O) groups is 2. The van der Waals surface area contributed by atoms with Crippen LogP contribution >= 0.6 is 75.1 Å². The number of methoxy groups -OCH3 is 2. The van der Waals surface area contributed by atoms with Crippen LogP contribution < -0.4 is 0 Å². The summed E-state index contributed by atoms with van der Waals surface area (Å²) in [4.78, 5) is 34.5. The molecule has 9 nitrogen and oxygen atoms in total. The van der Waals surface area contributed by atoms with Crippen molar-refractivity contribution in [2.24, 2.45) is 14.6 Å². The number of esters is 2. The molecule has 0 aromatic heterocycles. The van der Waals surface area contributed by atoms with Crippen LogP contribution in [0.2, 0.25) is 20.1 Å². The number of ether oxygens (including phenoxy) is 2. The summed E-state index contributed by atoms with van der Waals surface area (Å²) < 4.78 is 98.5. The van der Waals surface area contributed by atoms with E-state index in [2.05, 4.69) is 51.0 Å². The summed E-state index contributed by atoms with van der Waals surface area (Å²) in [5.41, 5.74) is -4.46. The molecule has 1 radical (unpaired) electrons. The van der Waals surface area contributed by atoms with Gasteiger partial charge in [0.25, 0.3) is 11.2 Å². The molecule has 6 aromatic rings. The van der Waals surface area contributed by atoms with Gasteiger partial charge < -0.3 is 19.1 Å². The number of rotatable bonds is 6. The third-order valence-electron chi connectivity index (χ3n) is 10.4. The zero-order valence-corrected chi connectivity index (χ0v) is 39.2. The Kier molecular flexibility index (Phi) is 15.5. The first-order valence-electron chi connectivity index (χ1n) is 18.7. The average Bonchev–Trinajstić information content (AvgIpc) is 3.93. The summed E-state index contributed by atoms with van der Waals surface area (Å²) >= 11 is 30.4. The van der Waals surface area contributed by atoms with Gasteiger partial charge >= 0.3 is 49.0 Å². The Morgan fingerprint density at radius 2 is 1.05 bits per heavy atom. The van der Waals surface area contributed by atoms with E-state index in [1.807, 2.05) is 0 Å². The predicted molar refractivity (Wildman–Crippen MR) is 248 cm³/mol. The summed E-state index contributed by atoms with van der Waals surface area (Å²) in [5, 5.41) is 9.91. The van der Waals surface area contributed by atoms with Crippen LogP contribution in [0.1, 0.15) is 55.8 Å². The van der Waals surface area contributed by atoms with Crippen LogP contribution in [0.15, 0.2) is 122 Å². The number of carbonyl (C=O) groups excluding carboxylic acids is 2. The number of hydrogen-bond acceptors (Lipinski definition) is 10. The number of hydrogen-bond donors (Lipinski definition) is 1. The fourth-order valence-corrected chi connectivity index (χ4v) is 9.03. The Bertz CT molecular complexity index is 2930. The SMILES string of the molecule is COC(=O)c1ccc(C2=NOC(c3cc(Cl)cc(Cl)c3)(C(F)(F)F)C2)c2cccc(Br)c12.COC(=O)c1ccc(C2=NOC(c3cc(Cl)cc(Cl)c3)(C(F)(F)F)C2)c2ccccc12.[B]=NS. The van der Waals surface area contributed by atoms with Crippen molar-refractivity contribution < 1.29 is 55.1 Å². The molecule has 22 heteroatoms. The molecule has 0 N–H and O–H groups in total. The monoisotopic (exact) mass is 1070 g/mol. The molecule has 2 aliphatic heterocycles. The first-order chi connectivity index (χ1) is 31.1. The Hall–Kier alpha value is -4.85. The quantitative estimate of drug-likeness (QED) is 0.0770. The molecule has 66 heavy (non-hydrogen) atoms. The van der Waals surface area contributed by atoms with E-state index < -0.39 is 48.3 Å². The Morgan fingerprint density at radius 3 is 1.48 bits per heavy atom. The van der Waals surface area contributed by atoms with Gasteiger partial charge in [0.05, 0.1) is 36.8 Å². The number of oxime groups is 2. The van der Waals surface area contributed by atoms with Crippen molar-refractivity contribution in [3.8, 4) is 0 Å². The van der Waals surface area contributed by atoms with Gasteiger partial charge in [0.2, 0.25) is 0 Å². The van der Waals surface area contributed by atoms with E-state index in [9.17, 15) is 35.9 Å². The minimum atomic E-state index is -4.81. The van der Waals surface area contributed by atoms with Gasteiger partial charge in [0, 0.05) is 65.0 Å². The van der Waals surface area contributed by atoms with Gasteiger partial charge in [-0.1, -0.05) is 121 Å². The van der Waals surface area contributed by atoms with E-state index in [1.165, 1.54) is 50.6 Å². The van der Waals surface area contributed by atoms with Crippen molar-refractivity contribution >= 4 is 128 Å². The van der Waals surface area contributed by atoms with Gasteiger partial charge in [-0.15, -0.1) is 0 Å². The minimum absolute atomic E-state index is 0.0463. The van der Waals surface area contributed by atoms with Gasteiger partial charge in [-0.2, -0.15) is 26.3 Å². The maximum absolute atomic E-state index is 14.3. The summed E-state index contributed by atoms with van der Waals surface area (Å²) in [6.45, 7) is 0. The van der Waals surface area contributed by atoms with Gasteiger partial charge in [0.1, 0.15) is 0 Å². The molecule has 0 amide bonds. The number of benzene rings is 6. The van der Waals surface area contributed by atoms with Crippen LogP contribution in [0.5, 0.6) is 0 Å². The summed E-state index contributed by atoms with van der Waals surface area (Å²) in [7, 11) is 6.85. The van der Waals surface area contributed by atoms with Crippen LogP contribution in [0.3, 0.4) is 0 Å². The van der Waals surface area contributed by atoms with Crippen molar-refractivity contribution in [2.75, 3.05) is 14.2 Å². The average molecular weight is 1070 g/mol. The molecule has 8 rings (SSSR count). The predicted octanol–water partition coefficient (Wildman–Crippen LogP) is 14.0. The number of fused-ring (bicyclic) bond motifs is 2. The molecular weight excluding hydrogens is 1050 g/mol. The Morgan fingerprint density at radius 1 is 0.652 bits per heavy atom. The molecule has 0 saturated carbocycles. The standard InChI is InChI=1S/C22H13BrCl2F3NO3.C22H14Cl2F3NO3.BHNS/c1-31-20(30)16-6-5-14(15-3-2-4-17(23)19(15)16)18-10-21(32-29-18,22(26,27)28)11-7-12(24)9-13(25)8-11;1-30-20(29)18-7-6-17(15-4-2-3-5-16(15)18)19-11-21(31-28-19,22(25,26)27)12-8-13(23)10-14(24)9-12;1-2-3/h2-9H,10H2,1H3;2-10H,11H2,1H3;3H. The molecule has 0 aliphatic carbocycles. The number of nitrogens with zero attached hydrogens (tertiary/aromatic N) is 3. The van der Waals surface area contributed by atoms with Crippen LogP contribution in [-0.2, 0) is 30.4 Å². The summed E-state index contributed by atoms with van der Waals surface area (Å²) in [6, 6.07) is 25.3. The van der Waals surface area contributed by atoms with Gasteiger partial charge in [-0.05, 0) is 70.8 Å². The molecule has 6 aromatic carbocycles. The third kappa shape index (κ3) is 9.90. The zero-order valence-electron chi connectivity index (χ0n) is 33.7. The molecule has 0 spiro atoms. The summed E-state index contributed by atoms with van der Waals surface area (Å²) in [5.74, 6) is -1.12. The maximum atomic E-state index is 14.3. The Labute approximate surface area is 406 Å². The molecule has 2 unspecified atom stereocenters. The fraction of sp³-hybridized carbons (Fsp3) is 0.182. The van der Waals surface area contributed by atoms with Crippen LogP contribution in [0, 0.1) is 0 Å². The number of halogens is 11. The normalized spacial score (nSPS) is 17.8. The van der Waals surface area contributed by atoms with E-state index in [0.717, 1.165) is 24.3 Å². The van der Waals surface area contributed by atoms with Crippen LogP contribution in [-0.4, -0.2) is 57.6 Å². The van der Waals surface area contributed by atoms with Gasteiger partial charge in [-0.3, -0.25) is 0 Å². The molecule has 2 aliphatic rings. The van der Waals surface area contributed by atoms with Crippen molar-refractivity contribution in [3.63, 3.8) is 0 Å². The topological polar surface area (TPSA) is 108 Å². The molecule has 0 saturated heterocycles. The van der Waals surface area contributed by atoms with Crippen molar-refractivity contribution in [3.05, 3.63) is 161 Å². The third-order valence-corrected chi connectivity index (χ3v) is 11.9. The van der Waals surface area contributed by atoms with E-state index in [1.54, 1.807) is 42.5 Å². The second kappa shape index (κ2) is 20.2. The number of thiol groups is 1. The van der Waals surface area contributed by atoms with E-state index >= 15 is 0 Å². The Balaban J connectivity index is 0.000000206. The second-order valence-corrected chi connectivity index (χ2v) is 17.0.